The number of benzene rings is 2. The molecule has 0 spiro atoms. The Morgan fingerprint density at radius 3 is 2.94 bits per heavy atom. The molecule has 0 unspecified atom stereocenters. The standard InChI is InChI=1S/C25H26ClFN4O/c1-15(2)31-7-8-32-25-20(26)11-18(12-22(25)31)24-21(27)14-29-23(30-24)10-16-3-4-17-5-6-28-13-19(17)9-16/h3-4,9,11-12,14-15,28H,5-8,10,13H2,1-2H3. The third kappa shape index (κ3) is 4.05. The zero-order valence-corrected chi connectivity index (χ0v) is 19.0. The molecule has 0 saturated heterocycles. The van der Waals surface area contributed by atoms with E-state index in [1.807, 2.05) is 6.07 Å². The van der Waals surface area contributed by atoms with E-state index in [0.717, 1.165) is 37.3 Å². The fraction of sp³-hybridized carbons (Fsp3) is 0.360. The number of hydrogen-bond donors (Lipinski definition) is 1. The van der Waals surface area contributed by atoms with Gasteiger partial charge in [-0.25, -0.2) is 14.4 Å². The summed E-state index contributed by atoms with van der Waals surface area (Å²) in [7, 11) is 0. The molecule has 0 saturated carbocycles. The lowest BCUT2D eigenvalue weighted by Gasteiger charge is -2.35. The Morgan fingerprint density at radius 1 is 1.22 bits per heavy atom. The van der Waals surface area contributed by atoms with Gasteiger partial charge in [0.15, 0.2) is 11.6 Å². The summed E-state index contributed by atoms with van der Waals surface area (Å²) in [6, 6.07) is 10.4. The number of ether oxygens (including phenoxy) is 1. The number of halogens is 2. The van der Waals surface area contributed by atoms with Crippen molar-refractivity contribution >= 4 is 17.3 Å². The maximum atomic E-state index is 14.8. The summed E-state index contributed by atoms with van der Waals surface area (Å²) < 4.78 is 20.6. The second-order valence-corrected chi connectivity index (χ2v) is 9.04. The Bertz CT molecular complexity index is 1170. The monoisotopic (exact) mass is 452 g/mol. The molecule has 0 radical (unpaired) electrons. The van der Waals surface area contributed by atoms with Crippen molar-refractivity contribution in [1.82, 2.24) is 15.3 Å². The SMILES string of the molecule is CC(C)N1CCOc2c(Cl)cc(-c3nc(Cc4ccc5c(c4)CNCC5)ncc3F)cc21. The Hall–Kier alpha value is -2.70. The zero-order chi connectivity index (χ0) is 22.2. The molecule has 3 heterocycles. The third-order valence-electron chi connectivity index (χ3n) is 6.12. The van der Waals surface area contributed by atoms with Gasteiger partial charge in [0.1, 0.15) is 18.1 Å². The van der Waals surface area contributed by atoms with Crippen molar-refractivity contribution in [3.63, 3.8) is 0 Å². The maximum Gasteiger partial charge on any atom is 0.167 e. The van der Waals surface area contributed by atoms with Crippen molar-refractivity contribution < 1.29 is 9.13 Å². The van der Waals surface area contributed by atoms with E-state index >= 15 is 0 Å². The largest absolute Gasteiger partial charge is 0.488 e. The molecule has 166 valence electrons. The van der Waals surface area contributed by atoms with Crippen molar-refractivity contribution in [1.29, 1.82) is 0 Å². The number of hydrogen-bond acceptors (Lipinski definition) is 5. The predicted molar refractivity (Wildman–Crippen MR) is 125 cm³/mol. The lowest BCUT2D eigenvalue weighted by atomic mass is 9.97. The Balaban J connectivity index is 1.49. The van der Waals surface area contributed by atoms with Crippen molar-refractivity contribution in [2.45, 2.75) is 39.3 Å². The second kappa shape index (κ2) is 8.68. The fourth-order valence-corrected chi connectivity index (χ4v) is 4.76. The van der Waals surface area contributed by atoms with E-state index in [0.29, 0.717) is 35.2 Å². The van der Waals surface area contributed by atoms with Gasteiger partial charge in [0.25, 0.3) is 0 Å². The molecular weight excluding hydrogens is 427 g/mol. The van der Waals surface area contributed by atoms with Gasteiger partial charge in [-0.15, -0.1) is 0 Å². The molecule has 0 aliphatic carbocycles. The molecule has 2 aliphatic heterocycles. The number of nitrogens with zero attached hydrogens (tertiary/aromatic N) is 3. The first-order valence-electron chi connectivity index (χ1n) is 11.1. The van der Waals surface area contributed by atoms with Crippen LogP contribution in [0, 0.1) is 5.82 Å². The highest BCUT2D eigenvalue weighted by atomic mass is 35.5. The summed E-state index contributed by atoms with van der Waals surface area (Å²) in [4.78, 5) is 11.1. The van der Waals surface area contributed by atoms with Gasteiger partial charge in [-0.1, -0.05) is 29.8 Å². The molecule has 2 aromatic carbocycles. The van der Waals surface area contributed by atoms with Crippen molar-refractivity contribution in [3.05, 3.63) is 69.9 Å². The topological polar surface area (TPSA) is 50.3 Å². The molecular formula is C25H26ClFN4O. The number of nitrogens with one attached hydrogen (secondary N) is 1. The average molecular weight is 453 g/mol. The normalized spacial score (nSPS) is 15.3. The van der Waals surface area contributed by atoms with Crippen LogP contribution in [0.3, 0.4) is 0 Å². The average Bonchev–Trinajstić information content (AvgIpc) is 2.79. The summed E-state index contributed by atoms with van der Waals surface area (Å²) in [5.41, 5.74) is 5.57. The first-order valence-corrected chi connectivity index (χ1v) is 11.4. The van der Waals surface area contributed by atoms with Crippen LogP contribution < -0.4 is 15.0 Å². The highest BCUT2D eigenvalue weighted by Gasteiger charge is 2.25. The molecule has 1 aromatic heterocycles. The van der Waals surface area contributed by atoms with E-state index in [1.54, 1.807) is 6.07 Å². The van der Waals surface area contributed by atoms with Crippen LogP contribution in [0.2, 0.25) is 5.02 Å². The zero-order valence-electron chi connectivity index (χ0n) is 18.3. The van der Waals surface area contributed by atoms with Gasteiger partial charge in [0.05, 0.1) is 23.5 Å². The number of anilines is 1. The molecule has 0 amide bonds. The van der Waals surface area contributed by atoms with Crippen LogP contribution in [0.5, 0.6) is 5.75 Å². The highest BCUT2D eigenvalue weighted by molar-refractivity contribution is 6.33. The molecule has 0 bridgehead atoms. The van der Waals surface area contributed by atoms with Crippen LogP contribution in [0.25, 0.3) is 11.3 Å². The summed E-state index contributed by atoms with van der Waals surface area (Å²) in [5.74, 6) is 0.760. The first kappa shape index (κ1) is 21.2. The van der Waals surface area contributed by atoms with Crippen molar-refractivity contribution in [2.75, 3.05) is 24.6 Å². The van der Waals surface area contributed by atoms with Gasteiger partial charge < -0.3 is 15.0 Å². The molecule has 5 rings (SSSR count). The maximum absolute atomic E-state index is 14.8. The summed E-state index contributed by atoms with van der Waals surface area (Å²) in [6.45, 7) is 7.46. The lowest BCUT2D eigenvalue weighted by Crippen LogP contribution is -2.38. The summed E-state index contributed by atoms with van der Waals surface area (Å²) in [6.07, 6.45) is 2.84. The highest BCUT2D eigenvalue weighted by Crippen LogP contribution is 2.42. The van der Waals surface area contributed by atoms with E-state index in [2.05, 4.69) is 52.2 Å². The lowest BCUT2D eigenvalue weighted by molar-refractivity contribution is 0.303. The van der Waals surface area contributed by atoms with Gasteiger partial charge in [0.2, 0.25) is 0 Å². The van der Waals surface area contributed by atoms with Crippen molar-refractivity contribution in [3.8, 4) is 17.0 Å². The number of aromatic nitrogens is 2. The van der Waals surface area contributed by atoms with Gasteiger partial charge in [-0.2, -0.15) is 0 Å². The predicted octanol–water partition coefficient (Wildman–Crippen LogP) is 4.78. The quantitative estimate of drug-likeness (QED) is 0.617. The fourth-order valence-electron chi connectivity index (χ4n) is 4.49. The molecule has 0 atom stereocenters. The summed E-state index contributed by atoms with van der Waals surface area (Å²) >= 11 is 6.53. The molecule has 32 heavy (non-hydrogen) atoms. The molecule has 7 heteroatoms. The van der Waals surface area contributed by atoms with Crippen LogP contribution >= 0.6 is 11.6 Å². The second-order valence-electron chi connectivity index (χ2n) is 8.63. The van der Waals surface area contributed by atoms with E-state index in [-0.39, 0.29) is 11.7 Å². The van der Waals surface area contributed by atoms with Crippen molar-refractivity contribution in [2.24, 2.45) is 0 Å². The van der Waals surface area contributed by atoms with Gasteiger partial charge in [0, 0.05) is 24.6 Å². The van der Waals surface area contributed by atoms with E-state index < -0.39 is 5.82 Å². The smallest absolute Gasteiger partial charge is 0.167 e. The van der Waals surface area contributed by atoms with Crippen LogP contribution in [0.1, 0.15) is 36.4 Å². The van der Waals surface area contributed by atoms with Crippen LogP contribution in [-0.2, 0) is 19.4 Å². The van der Waals surface area contributed by atoms with E-state index in [1.165, 1.54) is 17.3 Å². The molecule has 1 N–H and O–H groups in total. The molecule has 0 fully saturated rings. The number of fused-ring (bicyclic) bond motifs is 2. The minimum absolute atomic E-state index is 0.258. The minimum Gasteiger partial charge on any atom is -0.488 e. The van der Waals surface area contributed by atoms with E-state index in [9.17, 15) is 4.39 Å². The third-order valence-corrected chi connectivity index (χ3v) is 6.40. The Kier molecular flexibility index (Phi) is 5.74. The number of rotatable bonds is 4. The van der Waals surface area contributed by atoms with Crippen LogP contribution in [0.4, 0.5) is 10.1 Å². The van der Waals surface area contributed by atoms with Gasteiger partial charge in [-0.05, 0) is 55.6 Å². The molecule has 5 nitrogen and oxygen atoms in total. The minimum atomic E-state index is -0.466. The van der Waals surface area contributed by atoms with Gasteiger partial charge in [-0.3, -0.25) is 0 Å². The van der Waals surface area contributed by atoms with Gasteiger partial charge >= 0.3 is 0 Å². The summed E-state index contributed by atoms with van der Waals surface area (Å²) in [5, 5.41) is 3.87. The Labute approximate surface area is 192 Å². The Morgan fingerprint density at radius 2 is 2.09 bits per heavy atom. The van der Waals surface area contributed by atoms with Crippen LogP contribution in [-0.4, -0.2) is 35.7 Å². The molecule has 3 aromatic rings. The first-order chi connectivity index (χ1) is 15.5. The molecule has 2 aliphatic rings. The van der Waals surface area contributed by atoms with Crippen LogP contribution in [0.15, 0.2) is 36.5 Å². The van der Waals surface area contributed by atoms with E-state index in [4.69, 9.17) is 16.3 Å².